The van der Waals surface area contributed by atoms with Crippen LogP contribution in [0.25, 0.3) is 10.9 Å². The molecule has 1 saturated heterocycles. The summed E-state index contributed by atoms with van der Waals surface area (Å²) in [5, 5.41) is 15.3. The zero-order chi connectivity index (χ0) is 26.1. The maximum Gasteiger partial charge on any atom is 0.246 e. The molecular formula is C25H25F2N5O4. The Morgan fingerprint density at radius 2 is 1.97 bits per heavy atom. The number of amides is 1. The maximum atomic E-state index is 14.9. The number of aromatic nitrogens is 3. The van der Waals surface area contributed by atoms with E-state index in [1.54, 1.807) is 16.5 Å². The van der Waals surface area contributed by atoms with E-state index in [4.69, 9.17) is 15.2 Å². The molecule has 0 spiro atoms. The molecule has 1 aliphatic rings. The number of benzene rings is 1. The first-order valence-electron chi connectivity index (χ1n) is 11.1. The summed E-state index contributed by atoms with van der Waals surface area (Å²) in [6.07, 6.45) is 2.36. The maximum absolute atomic E-state index is 14.9. The largest absolute Gasteiger partial charge is 0.493 e. The molecule has 2 atom stereocenters. The molecule has 0 bridgehead atoms. The number of likely N-dealkylation sites (tertiary alicyclic amines) is 1. The van der Waals surface area contributed by atoms with E-state index in [9.17, 15) is 18.7 Å². The third kappa shape index (κ3) is 4.20. The Labute approximate surface area is 206 Å². The summed E-state index contributed by atoms with van der Waals surface area (Å²) in [7, 11) is 2.49. The van der Waals surface area contributed by atoms with Crippen molar-refractivity contribution in [1.82, 2.24) is 19.7 Å². The number of fused-ring (bicyclic) bond motifs is 1. The Kier molecular flexibility index (Phi) is 6.81. The fourth-order valence-electron chi connectivity index (χ4n) is 4.26. The van der Waals surface area contributed by atoms with Gasteiger partial charge in [0.1, 0.15) is 17.1 Å². The van der Waals surface area contributed by atoms with Gasteiger partial charge in [0.25, 0.3) is 0 Å². The van der Waals surface area contributed by atoms with Gasteiger partial charge in [-0.3, -0.25) is 9.48 Å². The summed E-state index contributed by atoms with van der Waals surface area (Å²) in [5.41, 5.74) is 6.68. The molecule has 0 radical (unpaired) electrons. The molecule has 0 aliphatic carbocycles. The van der Waals surface area contributed by atoms with Gasteiger partial charge in [-0.25, -0.2) is 13.8 Å². The third-order valence-corrected chi connectivity index (χ3v) is 6.11. The molecule has 9 nitrogen and oxygen atoms in total. The number of hydrogen-bond acceptors (Lipinski definition) is 7. The number of aliphatic hydroxyl groups is 1. The zero-order valence-corrected chi connectivity index (χ0v) is 20.0. The number of hydrogen-bond donors (Lipinski definition) is 2. The van der Waals surface area contributed by atoms with E-state index in [-0.39, 0.29) is 35.0 Å². The van der Waals surface area contributed by atoms with E-state index in [2.05, 4.69) is 28.5 Å². The number of ether oxygens (including phenoxy) is 2. The molecule has 1 unspecified atom stereocenters. The van der Waals surface area contributed by atoms with Gasteiger partial charge in [0.05, 0.1) is 37.3 Å². The van der Waals surface area contributed by atoms with Crippen molar-refractivity contribution in [3.63, 3.8) is 0 Å². The molecule has 1 aromatic carbocycles. The van der Waals surface area contributed by atoms with Crippen molar-refractivity contribution in [3.8, 4) is 23.3 Å². The van der Waals surface area contributed by atoms with Crippen molar-refractivity contribution in [2.24, 2.45) is 0 Å². The van der Waals surface area contributed by atoms with Crippen LogP contribution in [0.3, 0.4) is 0 Å². The number of anilines is 1. The van der Waals surface area contributed by atoms with Gasteiger partial charge in [-0.05, 0) is 25.3 Å². The lowest BCUT2D eigenvalue weighted by molar-refractivity contribution is -0.125. The summed E-state index contributed by atoms with van der Waals surface area (Å²) in [6.45, 7) is 5.95. The number of methoxy groups -OCH3 is 2. The Hall–Kier alpha value is -4.17. The van der Waals surface area contributed by atoms with Crippen LogP contribution in [0.2, 0.25) is 0 Å². The Morgan fingerprint density at radius 1 is 1.31 bits per heavy atom. The number of aliphatic hydroxyl groups excluding tert-OH is 1. The van der Waals surface area contributed by atoms with Gasteiger partial charge in [-0.2, -0.15) is 5.10 Å². The van der Waals surface area contributed by atoms with E-state index in [1.807, 2.05) is 0 Å². The lowest BCUT2D eigenvalue weighted by atomic mass is 10.1. The van der Waals surface area contributed by atoms with Crippen molar-refractivity contribution in [2.45, 2.75) is 25.5 Å². The smallest absolute Gasteiger partial charge is 0.246 e. The summed E-state index contributed by atoms with van der Waals surface area (Å²) in [6, 6.07) is 0.837. The lowest BCUT2D eigenvalue weighted by Gasteiger charge is -2.17. The van der Waals surface area contributed by atoms with E-state index in [0.717, 1.165) is 6.07 Å². The fourth-order valence-corrected chi connectivity index (χ4v) is 4.26. The number of nitrogen functional groups attached to an aromatic ring is 1. The van der Waals surface area contributed by atoms with Gasteiger partial charge >= 0.3 is 0 Å². The molecule has 188 valence electrons. The Morgan fingerprint density at radius 3 is 2.56 bits per heavy atom. The number of rotatable bonds is 5. The topological polar surface area (TPSA) is 116 Å². The monoisotopic (exact) mass is 497 g/mol. The van der Waals surface area contributed by atoms with E-state index in [0.29, 0.717) is 36.0 Å². The van der Waals surface area contributed by atoms with Crippen molar-refractivity contribution >= 4 is 22.6 Å². The molecule has 3 aromatic rings. The fraction of sp³-hybridized carbons (Fsp3) is 0.320. The second-order valence-electron chi connectivity index (χ2n) is 8.26. The summed E-state index contributed by atoms with van der Waals surface area (Å²) in [5.74, 6) is 2.65. The Bertz CT molecular complexity index is 1400. The van der Waals surface area contributed by atoms with Gasteiger partial charge in [-0.1, -0.05) is 12.5 Å². The van der Waals surface area contributed by atoms with E-state index < -0.39 is 23.3 Å². The first-order valence-corrected chi connectivity index (χ1v) is 11.1. The second-order valence-corrected chi connectivity index (χ2v) is 8.26. The van der Waals surface area contributed by atoms with Crippen molar-refractivity contribution in [1.29, 1.82) is 0 Å². The zero-order valence-electron chi connectivity index (χ0n) is 20.0. The van der Waals surface area contributed by atoms with Crippen molar-refractivity contribution in [2.75, 3.05) is 33.0 Å². The summed E-state index contributed by atoms with van der Waals surface area (Å²) < 4.78 is 41.3. The Balaban J connectivity index is 1.91. The van der Waals surface area contributed by atoms with Gasteiger partial charge in [0.2, 0.25) is 5.91 Å². The molecule has 1 amide bonds. The predicted molar refractivity (Wildman–Crippen MR) is 128 cm³/mol. The van der Waals surface area contributed by atoms with Gasteiger partial charge in [-0.15, -0.1) is 0 Å². The van der Waals surface area contributed by atoms with Crippen LogP contribution in [0.4, 0.5) is 14.6 Å². The van der Waals surface area contributed by atoms with Crippen LogP contribution in [0.1, 0.15) is 42.3 Å². The molecule has 36 heavy (non-hydrogen) atoms. The number of halogens is 2. The number of pyridine rings is 1. The van der Waals surface area contributed by atoms with Crippen LogP contribution < -0.4 is 15.2 Å². The molecule has 3 N–H and O–H groups in total. The summed E-state index contributed by atoms with van der Waals surface area (Å²) in [4.78, 5) is 17.9. The number of carbonyl (C=O) groups is 1. The summed E-state index contributed by atoms with van der Waals surface area (Å²) >= 11 is 0. The molecule has 4 rings (SSSR count). The molecule has 11 heteroatoms. The molecule has 1 aliphatic heterocycles. The lowest BCUT2D eigenvalue weighted by Crippen LogP contribution is -2.27. The average Bonchev–Trinajstić information content (AvgIpc) is 3.49. The second kappa shape index (κ2) is 9.83. The number of carbonyl (C=O) groups excluding carboxylic acids is 1. The van der Waals surface area contributed by atoms with E-state index >= 15 is 0 Å². The normalized spacial score (nSPS) is 15.9. The SMILES string of the molecule is C=CC(=O)N1CCC(n2nc(C#Cc3c(F)c(OC)cc(OC)c3F)c3c(N)ncc([C@@H](C)O)c32)C1. The third-order valence-electron chi connectivity index (χ3n) is 6.11. The predicted octanol–water partition coefficient (Wildman–Crippen LogP) is 2.72. The highest BCUT2D eigenvalue weighted by atomic mass is 19.1. The van der Waals surface area contributed by atoms with Crippen LogP contribution >= 0.6 is 0 Å². The van der Waals surface area contributed by atoms with Crippen LogP contribution in [-0.4, -0.2) is 58.0 Å². The van der Waals surface area contributed by atoms with Crippen molar-refractivity contribution < 1.29 is 28.2 Å². The molecule has 2 aromatic heterocycles. The van der Waals surface area contributed by atoms with Crippen LogP contribution in [0.15, 0.2) is 24.9 Å². The first-order chi connectivity index (χ1) is 17.2. The van der Waals surface area contributed by atoms with Crippen LogP contribution in [0, 0.1) is 23.5 Å². The number of nitrogens with two attached hydrogens (primary N) is 1. The first kappa shape index (κ1) is 24.9. The molecule has 3 heterocycles. The highest BCUT2D eigenvalue weighted by molar-refractivity contribution is 5.95. The minimum absolute atomic E-state index is 0.0890. The van der Waals surface area contributed by atoms with Crippen LogP contribution in [-0.2, 0) is 4.79 Å². The molecule has 0 saturated carbocycles. The number of nitrogens with zero attached hydrogens (tertiary/aromatic N) is 4. The van der Waals surface area contributed by atoms with Crippen molar-refractivity contribution in [3.05, 3.63) is 53.4 Å². The standard InChI is InChI=1S/C25H25F2N5O4/c1-5-20(34)31-9-8-14(12-31)32-24-16(13(2)33)11-29-25(28)21(24)17(30-32)7-6-15-22(26)18(35-3)10-19(36-4)23(15)27/h5,10-11,13-14,33H,1,8-9,12H2,2-4H3,(H2,28,29)/t13-,14?/m1/s1. The molecular weight excluding hydrogens is 472 g/mol. The van der Waals surface area contributed by atoms with Crippen LogP contribution in [0.5, 0.6) is 11.5 Å². The average molecular weight is 498 g/mol. The highest BCUT2D eigenvalue weighted by Crippen LogP contribution is 2.35. The van der Waals surface area contributed by atoms with E-state index in [1.165, 1.54) is 26.5 Å². The van der Waals surface area contributed by atoms with Gasteiger partial charge < -0.3 is 25.2 Å². The van der Waals surface area contributed by atoms with Gasteiger partial charge in [0.15, 0.2) is 23.1 Å². The quantitative estimate of drug-likeness (QED) is 0.411. The minimum Gasteiger partial charge on any atom is -0.493 e. The van der Waals surface area contributed by atoms with Gasteiger partial charge in [0, 0.05) is 30.9 Å². The highest BCUT2D eigenvalue weighted by Gasteiger charge is 2.30. The minimum atomic E-state index is -0.989. The molecule has 1 fully saturated rings.